The van der Waals surface area contributed by atoms with Gasteiger partial charge >= 0.3 is 0 Å². The molecule has 0 aliphatic carbocycles. The molecule has 0 saturated carbocycles. The summed E-state index contributed by atoms with van der Waals surface area (Å²) in [7, 11) is 0. The van der Waals surface area contributed by atoms with Gasteiger partial charge in [-0.1, -0.05) is 116 Å². The SMILES string of the molecule is CCC(C)(CC)CC(c1c2ccccc2cc2ccccc12)C(C)(CC)CC. The van der Waals surface area contributed by atoms with Crippen molar-refractivity contribution in [3.8, 4) is 0 Å². The lowest BCUT2D eigenvalue weighted by Crippen LogP contribution is -2.30. The zero-order valence-corrected chi connectivity index (χ0v) is 18.8. The van der Waals surface area contributed by atoms with Gasteiger partial charge in [-0.05, 0) is 56.3 Å². The first-order valence-corrected chi connectivity index (χ1v) is 11.3. The summed E-state index contributed by atoms with van der Waals surface area (Å²) < 4.78 is 0. The van der Waals surface area contributed by atoms with Crippen LogP contribution in [0.5, 0.6) is 0 Å². The Labute approximate surface area is 172 Å². The van der Waals surface area contributed by atoms with Crippen LogP contribution in [0.15, 0.2) is 54.6 Å². The number of fused-ring (bicyclic) bond motifs is 2. The Morgan fingerprint density at radius 1 is 0.679 bits per heavy atom. The van der Waals surface area contributed by atoms with E-state index in [0.29, 0.717) is 16.7 Å². The van der Waals surface area contributed by atoms with E-state index in [0.717, 1.165) is 0 Å². The van der Waals surface area contributed by atoms with Crippen LogP contribution in [0.25, 0.3) is 21.5 Å². The summed E-state index contributed by atoms with van der Waals surface area (Å²) in [4.78, 5) is 0. The molecule has 3 rings (SSSR count). The van der Waals surface area contributed by atoms with Crippen LogP contribution < -0.4 is 0 Å². The fourth-order valence-corrected chi connectivity index (χ4v) is 4.90. The second kappa shape index (κ2) is 8.27. The fraction of sp³-hybridized carbons (Fsp3) is 0.500. The molecular formula is C28H38. The number of hydrogen-bond donors (Lipinski definition) is 0. The van der Waals surface area contributed by atoms with Gasteiger partial charge in [-0.15, -0.1) is 0 Å². The predicted molar refractivity (Wildman–Crippen MR) is 126 cm³/mol. The van der Waals surface area contributed by atoms with E-state index in [2.05, 4.69) is 96.1 Å². The third-order valence-corrected chi connectivity index (χ3v) is 8.02. The van der Waals surface area contributed by atoms with Gasteiger partial charge in [-0.2, -0.15) is 0 Å². The van der Waals surface area contributed by atoms with E-state index in [1.165, 1.54) is 53.6 Å². The summed E-state index contributed by atoms with van der Waals surface area (Å²) in [5.41, 5.74) is 2.28. The van der Waals surface area contributed by atoms with Gasteiger partial charge in [-0.25, -0.2) is 0 Å². The summed E-state index contributed by atoms with van der Waals surface area (Å²) in [6.45, 7) is 14.5. The van der Waals surface area contributed by atoms with Crippen LogP contribution in [0.3, 0.4) is 0 Å². The Hall–Kier alpha value is -1.82. The third kappa shape index (κ3) is 3.71. The van der Waals surface area contributed by atoms with Gasteiger partial charge < -0.3 is 0 Å². The molecule has 0 aliphatic heterocycles. The average Bonchev–Trinajstić information content (AvgIpc) is 2.75. The summed E-state index contributed by atoms with van der Waals surface area (Å²) in [6.07, 6.45) is 6.18. The van der Waals surface area contributed by atoms with E-state index in [1.807, 2.05) is 0 Å². The van der Waals surface area contributed by atoms with E-state index >= 15 is 0 Å². The number of rotatable bonds is 8. The van der Waals surface area contributed by atoms with Gasteiger partial charge in [-0.3, -0.25) is 0 Å². The highest BCUT2D eigenvalue weighted by atomic mass is 14.4. The monoisotopic (exact) mass is 374 g/mol. The summed E-state index contributed by atoms with van der Waals surface area (Å²) in [5, 5.41) is 5.67. The molecule has 0 N–H and O–H groups in total. The molecule has 0 saturated heterocycles. The van der Waals surface area contributed by atoms with Crippen molar-refractivity contribution in [2.75, 3.05) is 0 Å². The molecule has 0 bridgehead atoms. The minimum Gasteiger partial charge on any atom is -0.0649 e. The van der Waals surface area contributed by atoms with Crippen LogP contribution >= 0.6 is 0 Å². The van der Waals surface area contributed by atoms with Gasteiger partial charge in [0.2, 0.25) is 0 Å². The average molecular weight is 375 g/mol. The molecule has 0 fully saturated rings. The normalized spacial score (nSPS) is 13.9. The third-order valence-electron chi connectivity index (χ3n) is 8.02. The fourth-order valence-electron chi connectivity index (χ4n) is 4.90. The topological polar surface area (TPSA) is 0 Å². The van der Waals surface area contributed by atoms with Crippen molar-refractivity contribution in [3.05, 3.63) is 60.2 Å². The Morgan fingerprint density at radius 3 is 1.57 bits per heavy atom. The van der Waals surface area contributed by atoms with Crippen LogP contribution in [0.2, 0.25) is 0 Å². The van der Waals surface area contributed by atoms with Crippen LogP contribution in [0.4, 0.5) is 0 Å². The van der Waals surface area contributed by atoms with Crippen molar-refractivity contribution in [2.45, 2.75) is 79.6 Å². The lowest BCUT2D eigenvalue weighted by Gasteiger charge is -2.43. The van der Waals surface area contributed by atoms with Crippen molar-refractivity contribution < 1.29 is 0 Å². The highest BCUT2D eigenvalue weighted by molar-refractivity contribution is 6.02. The summed E-state index contributed by atoms with van der Waals surface area (Å²) in [5.74, 6) is 0.559. The predicted octanol–water partition coefficient (Wildman–Crippen LogP) is 9.12. The van der Waals surface area contributed by atoms with E-state index in [-0.39, 0.29) is 0 Å². The van der Waals surface area contributed by atoms with Crippen LogP contribution in [0, 0.1) is 10.8 Å². The maximum atomic E-state index is 2.53. The Morgan fingerprint density at radius 2 is 1.14 bits per heavy atom. The molecule has 0 amide bonds. The van der Waals surface area contributed by atoms with Gasteiger partial charge in [0.05, 0.1) is 0 Å². The molecule has 0 aliphatic rings. The van der Waals surface area contributed by atoms with Crippen LogP contribution in [-0.4, -0.2) is 0 Å². The molecule has 0 spiro atoms. The largest absolute Gasteiger partial charge is 0.0649 e. The molecule has 3 aromatic rings. The first kappa shape index (κ1) is 20.9. The molecule has 1 unspecified atom stereocenters. The number of benzene rings is 3. The minimum atomic E-state index is 0.304. The number of hydrogen-bond acceptors (Lipinski definition) is 0. The highest BCUT2D eigenvalue weighted by Crippen LogP contribution is 2.52. The summed E-state index contributed by atoms with van der Waals surface area (Å²) in [6, 6.07) is 20.4. The van der Waals surface area contributed by atoms with Crippen molar-refractivity contribution in [2.24, 2.45) is 10.8 Å². The first-order valence-electron chi connectivity index (χ1n) is 11.3. The summed E-state index contributed by atoms with van der Waals surface area (Å²) >= 11 is 0. The van der Waals surface area contributed by atoms with E-state index in [9.17, 15) is 0 Å². The van der Waals surface area contributed by atoms with Crippen molar-refractivity contribution in [1.29, 1.82) is 0 Å². The molecule has 0 radical (unpaired) electrons. The second-order valence-electron chi connectivity index (χ2n) is 9.37. The molecular weight excluding hydrogens is 336 g/mol. The molecule has 0 nitrogen and oxygen atoms in total. The Balaban J connectivity index is 2.36. The molecule has 150 valence electrons. The Kier molecular flexibility index (Phi) is 6.18. The molecule has 28 heavy (non-hydrogen) atoms. The first-order chi connectivity index (χ1) is 13.4. The quantitative estimate of drug-likeness (QED) is 0.345. The zero-order valence-electron chi connectivity index (χ0n) is 18.8. The van der Waals surface area contributed by atoms with Crippen LogP contribution in [0.1, 0.15) is 85.1 Å². The smallest absolute Gasteiger partial charge is 0.00907 e. The van der Waals surface area contributed by atoms with Crippen LogP contribution in [-0.2, 0) is 0 Å². The van der Waals surface area contributed by atoms with Gasteiger partial charge in [0.25, 0.3) is 0 Å². The van der Waals surface area contributed by atoms with E-state index in [4.69, 9.17) is 0 Å². The molecule has 0 aromatic heterocycles. The van der Waals surface area contributed by atoms with Gasteiger partial charge in [0.15, 0.2) is 0 Å². The maximum Gasteiger partial charge on any atom is -0.00907 e. The van der Waals surface area contributed by atoms with E-state index in [1.54, 1.807) is 5.56 Å². The van der Waals surface area contributed by atoms with Crippen molar-refractivity contribution >= 4 is 21.5 Å². The minimum absolute atomic E-state index is 0.304. The molecule has 0 heteroatoms. The molecule has 0 heterocycles. The standard InChI is InChI=1S/C28H38/c1-7-27(5,8-2)20-25(28(6,9-3)10-4)26-23-17-13-11-15-21(23)19-22-16-12-14-18-24(22)26/h11-19,25H,7-10,20H2,1-6H3. The molecule has 1 atom stereocenters. The lowest BCUT2D eigenvalue weighted by molar-refractivity contribution is 0.151. The lowest BCUT2D eigenvalue weighted by atomic mass is 9.62. The second-order valence-corrected chi connectivity index (χ2v) is 9.37. The van der Waals surface area contributed by atoms with Crippen molar-refractivity contribution in [3.63, 3.8) is 0 Å². The Bertz CT molecular complexity index is 871. The molecule has 3 aromatic carbocycles. The van der Waals surface area contributed by atoms with Gasteiger partial charge in [0.1, 0.15) is 0 Å². The zero-order chi connectivity index (χ0) is 20.4. The van der Waals surface area contributed by atoms with Gasteiger partial charge in [0, 0.05) is 0 Å². The van der Waals surface area contributed by atoms with E-state index < -0.39 is 0 Å². The maximum absolute atomic E-state index is 2.53. The highest BCUT2D eigenvalue weighted by Gasteiger charge is 2.38. The van der Waals surface area contributed by atoms with Crippen molar-refractivity contribution in [1.82, 2.24) is 0 Å².